The third kappa shape index (κ3) is 2.53. The van der Waals surface area contributed by atoms with Gasteiger partial charge in [0, 0.05) is 31.9 Å². The number of nitrogens with zero attached hydrogens (tertiary/aromatic N) is 3. The molecule has 0 fully saturated rings. The molecule has 2 aromatic rings. The van der Waals surface area contributed by atoms with Gasteiger partial charge in [0.25, 0.3) is 0 Å². The zero-order valence-corrected chi connectivity index (χ0v) is 9.44. The largest absolute Gasteiger partial charge is 0.373 e. The molecule has 2 aromatic heterocycles. The van der Waals surface area contributed by atoms with E-state index in [2.05, 4.69) is 20.3 Å². The van der Waals surface area contributed by atoms with Crippen LogP contribution in [0.15, 0.2) is 30.6 Å². The Hall–Kier alpha value is -1.97. The van der Waals surface area contributed by atoms with E-state index in [1.165, 1.54) is 0 Å². The Balaban J connectivity index is 2.24. The molecule has 0 aliphatic carbocycles. The number of anilines is 1. The van der Waals surface area contributed by atoms with E-state index in [9.17, 15) is 0 Å². The second-order valence-electron chi connectivity index (χ2n) is 3.58. The van der Waals surface area contributed by atoms with Gasteiger partial charge in [-0.15, -0.1) is 0 Å². The summed E-state index contributed by atoms with van der Waals surface area (Å²) in [5.74, 6) is 1.64. The Morgan fingerprint density at radius 1 is 1.31 bits per heavy atom. The average molecular weight is 214 g/mol. The lowest BCUT2D eigenvalue weighted by atomic mass is 10.1. The second kappa shape index (κ2) is 4.70. The molecular weight excluding hydrogens is 200 g/mol. The minimum Gasteiger partial charge on any atom is -0.373 e. The fraction of sp³-hybridized carbons (Fsp3) is 0.250. The topological polar surface area (TPSA) is 50.7 Å². The van der Waals surface area contributed by atoms with Crippen molar-refractivity contribution < 1.29 is 0 Å². The summed E-state index contributed by atoms with van der Waals surface area (Å²) in [7, 11) is 1.86. The van der Waals surface area contributed by atoms with Gasteiger partial charge in [-0.3, -0.25) is 4.98 Å². The molecule has 0 saturated carbocycles. The highest BCUT2D eigenvalue weighted by Crippen LogP contribution is 2.10. The molecule has 0 unspecified atom stereocenters. The zero-order chi connectivity index (χ0) is 11.4. The highest BCUT2D eigenvalue weighted by molar-refractivity contribution is 5.36. The van der Waals surface area contributed by atoms with Gasteiger partial charge in [0.1, 0.15) is 11.6 Å². The van der Waals surface area contributed by atoms with Crippen molar-refractivity contribution >= 4 is 5.82 Å². The highest BCUT2D eigenvalue weighted by Gasteiger charge is 2.02. The maximum Gasteiger partial charge on any atom is 0.129 e. The molecule has 1 N–H and O–H groups in total. The van der Waals surface area contributed by atoms with Crippen LogP contribution in [-0.2, 0) is 6.42 Å². The molecule has 4 nitrogen and oxygen atoms in total. The van der Waals surface area contributed by atoms with Gasteiger partial charge >= 0.3 is 0 Å². The third-order valence-electron chi connectivity index (χ3n) is 2.26. The molecule has 0 radical (unpaired) electrons. The molecule has 0 spiro atoms. The maximum absolute atomic E-state index is 4.40. The molecule has 16 heavy (non-hydrogen) atoms. The Morgan fingerprint density at radius 3 is 2.88 bits per heavy atom. The Labute approximate surface area is 94.8 Å². The van der Waals surface area contributed by atoms with E-state index in [0.717, 1.165) is 29.3 Å². The second-order valence-corrected chi connectivity index (χ2v) is 3.58. The quantitative estimate of drug-likeness (QED) is 0.846. The number of nitrogens with one attached hydrogen (secondary N) is 1. The molecule has 2 rings (SSSR count). The minimum absolute atomic E-state index is 0.783. The lowest BCUT2D eigenvalue weighted by Gasteiger charge is -2.05. The van der Waals surface area contributed by atoms with Gasteiger partial charge in [-0.05, 0) is 18.6 Å². The van der Waals surface area contributed by atoms with E-state index in [1.54, 1.807) is 6.20 Å². The molecular formula is C12H14N4. The lowest BCUT2D eigenvalue weighted by Crippen LogP contribution is -2.01. The van der Waals surface area contributed by atoms with Crippen molar-refractivity contribution in [2.45, 2.75) is 13.3 Å². The first-order valence-corrected chi connectivity index (χ1v) is 5.19. The van der Waals surface area contributed by atoms with E-state index in [-0.39, 0.29) is 0 Å². The van der Waals surface area contributed by atoms with Gasteiger partial charge in [-0.2, -0.15) is 0 Å². The van der Waals surface area contributed by atoms with E-state index >= 15 is 0 Å². The number of hydrogen-bond acceptors (Lipinski definition) is 4. The molecule has 0 aromatic carbocycles. The number of hydrogen-bond donors (Lipinski definition) is 1. The van der Waals surface area contributed by atoms with Crippen LogP contribution in [0.25, 0.3) is 0 Å². The van der Waals surface area contributed by atoms with E-state index in [4.69, 9.17) is 0 Å². The first kappa shape index (κ1) is 10.5. The Bertz CT molecular complexity index is 468. The predicted molar refractivity (Wildman–Crippen MR) is 63.4 cm³/mol. The lowest BCUT2D eigenvalue weighted by molar-refractivity contribution is 0.965. The Kier molecular flexibility index (Phi) is 3.10. The molecule has 0 amide bonds. The summed E-state index contributed by atoms with van der Waals surface area (Å²) in [6, 6.07) is 5.94. The summed E-state index contributed by atoms with van der Waals surface area (Å²) >= 11 is 0. The van der Waals surface area contributed by atoms with E-state index in [1.807, 2.05) is 38.4 Å². The van der Waals surface area contributed by atoms with Crippen molar-refractivity contribution in [1.82, 2.24) is 15.0 Å². The first-order valence-electron chi connectivity index (χ1n) is 5.19. The average Bonchev–Trinajstić information content (AvgIpc) is 2.29. The maximum atomic E-state index is 4.40. The van der Waals surface area contributed by atoms with Crippen LogP contribution in [0.1, 0.15) is 17.1 Å². The summed E-state index contributed by atoms with van der Waals surface area (Å²) in [5.41, 5.74) is 2.16. The van der Waals surface area contributed by atoms with Gasteiger partial charge in [-0.25, -0.2) is 9.97 Å². The molecule has 4 heteroatoms. The summed E-state index contributed by atoms with van der Waals surface area (Å²) in [4.78, 5) is 12.7. The van der Waals surface area contributed by atoms with E-state index in [0.29, 0.717) is 0 Å². The molecule has 82 valence electrons. The normalized spacial score (nSPS) is 10.1. The van der Waals surface area contributed by atoms with Gasteiger partial charge in [0.2, 0.25) is 0 Å². The molecule has 0 aliphatic heterocycles. The summed E-state index contributed by atoms with van der Waals surface area (Å²) in [5, 5.41) is 3.03. The van der Waals surface area contributed by atoms with Crippen LogP contribution in [0.5, 0.6) is 0 Å². The standard InChI is InChI=1S/C12H14N4/c1-9-15-11(7-12(13-2)16-9)6-10-4-3-5-14-8-10/h3-5,7-8H,6H2,1-2H3,(H,13,15,16). The van der Waals surface area contributed by atoms with Crippen molar-refractivity contribution in [1.29, 1.82) is 0 Å². The summed E-state index contributed by atoms with van der Waals surface area (Å²) < 4.78 is 0. The molecule has 0 aliphatic rings. The zero-order valence-electron chi connectivity index (χ0n) is 9.44. The first-order chi connectivity index (χ1) is 7.78. The number of aromatic nitrogens is 3. The molecule has 0 bridgehead atoms. The van der Waals surface area contributed by atoms with Crippen molar-refractivity contribution in [3.8, 4) is 0 Å². The van der Waals surface area contributed by atoms with Crippen LogP contribution >= 0.6 is 0 Å². The van der Waals surface area contributed by atoms with Crippen LogP contribution in [-0.4, -0.2) is 22.0 Å². The van der Waals surface area contributed by atoms with Crippen LogP contribution < -0.4 is 5.32 Å². The van der Waals surface area contributed by atoms with Crippen LogP contribution in [0.4, 0.5) is 5.82 Å². The Morgan fingerprint density at radius 2 is 2.19 bits per heavy atom. The monoisotopic (exact) mass is 214 g/mol. The number of rotatable bonds is 3. The molecule has 0 atom stereocenters. The van der Waals surface area contributed by atoms with Gasteiger partial charge in [0.15, 0.2) is 0 Å². The number of pyridine rings is 1. The van der Waals surface area contributed by atoms with Gasteiger partial charge in [0.05, 0.1) is 5.69 Å². The van der Waals surface area contributed by atoms with Crippen LogP contribution in [0.2, 0.25) is 0 Å². The van der Waals surface area contributed by atoms with Crippen molar-refractivity contribution in [2.75, 3.05) is 12.4 Å². The fourth-order valence-electron chi connectivity index (χ4n) is 1.56. The van der Waals surface area contributed by atoms with Crippen LogP contribution in [0, 0.1) is 6.92 Å². The van der Waals surface area contributed by atoms with E-state index < -0.39 is 0 Å². The molecule has 2 heterocycles. The highest BCUT2D eigenvalue weighted by atomic mass is 15.0. The fourth-order valence-corrected chi connectivity index (χ4v) is 1.56. The predicted octanol–water partition coefficient (Wildman–Crippen LogP) is 1.81. The third-order valence-corrected chi connectivity index (χ3v) is 2.26. The van der Waals surface area contributed by atoms with Crippen molar-refractivity contribution in [2.24, 2.45) is 0 Å². The smallest absolute Gasteiger partial charge is 0.129 e. The minimum atomic E-state index is 0.783. The molecule has 0 saturated heterocycles. The number of aryl methyl sites for hydroxylation is 1. The van der Waals surface area contributed by atoms with Gasteiger partial charge < -0.3 is 5.32 Å². The van der Waals surface area contributed by atoms with Crippen molar-refractivity contribution in [3.63, 3.8) is 0 Å². The summed E-state index contributed by atoms with van der Waals surface area (Å²) in [6.45, 7) is 1.90. The van der Waals surface area contributed by atoms with Crippen LogP contribution in [0.3, 0.4) is 0 Å². The van der Waals surface area contributed by atoms with Gasteiger partial charge in [-0.1, -0.05) is 6.07 Å². The SMILES string of the molecule is CNc1cc(Cc2cccnc2)nc(C)n1. The van der Waals surface area contributed by atoms with Crippen molar-refractivity contribution in [3.05, 3.63) is 47.7 Å². The summed E-state index contributed by atoms with van der Waals surface area (Å²) in [6.07, 6.45) is 4.41.